The zero-order valence-corrected chi connectivity index (χ0v) is 9.46. The fourth-order valence-electron chi connectivity index (χ4n) is 1.38. The molecule has 16 heavy (non-hydrogen) atoms. The van der Waals surface area contributed by atoms with Crippen LogP contribution >= 0.6 is 11.8 Å². The predicted octanol–water partition coefficient (Wildman–Crippen LogP) is 3.32. The Morgan fingerprint density at radius 3 is 2.62 bits per heavy atom. The molecule has 1 aromatic carbocycles. The van der Waals surface area contributed by atoms with Crippen LogP contribution in [-0.4, -0.2) is 16.3 Å². The molecule has 0 saturated carbocycles. The summed E-state index contributed by atoms with van der Waals surface area (Å²) in [5.74, 6) is -0.148. The van der Waals surface area contributed by atoms with E-state index in [9.17, 15) is 4.39 Å². The number of nitrogens with zero attached hydrogens (tertiary/aromatic N) is 1. The number of halogens is 1. The molecule has 1 N–H and O–H groups in total. The third-order valence-electron chi connectivity index (χ3n) is 2.20. The summed E-state index contributed by atoms with van der Waals surface area (Å²) in [7, 11) is 0. The van der Waals surface area contributed by atoms with Crippen LogP contribution in [-0.2, 0) is 0 Å². The summed E-state index contributed by atoms with van der Waals surface area (Å²) < 4.78 is 13.5. The van der Waals surface area contributed by atoms with E-state index in [-0.39, 0.29) is 11.6 Å². The topological polar surface area (TPSA) is 33.1 Å². The maximum absolute atomic E-state index is 13.5. The van der Waals surface area contributed by atoms with E-state index in [2.05, 4.69) is 4.98 Å². The van der Waals surface area contributed by atoms with Crippen LogP contribution < -0.4 is 0 Å². The van der Waals surface area contributed by atoms with Crippen LogP contribution in [0, 0.1) is 5.82 Å². The minimum Gasteiger partial charge on any atom is -0.506 e. The van der Waals surface area contributed by atoms with Crippen molar-refractivity contribution < 1.29 is 9.50 Å². The summed E-state index contributed by atoms with van der Waals surface area (Å²) in [5.41, 5.74) is 1.35. The Morgan fingerprint density at radius 2 is 2.06 bits per heavy atom. The lowest BCUT2D eigenvalue weighted by molar-refractivity contribution is 0.473. The molecule has 1 heterocycles. The van der Waals surface area contributed by atoms with Gasteiger partial charge in [0.2, 0.25) is 0 Å². The van der Waals surface area contributed by atoms with Crippen LogP contribution in [0.5, 0.6) is 5.75 Å². The van der Waals surface area contributed by atoms with Gasteiger partial charge >= 0.3 is 0 Å². The highest BCUT2D eigenvalue weighted by atomic mass is 32.2. The molecule has 0 aliphatic rings. The van der Waals surface area contributed by atoms with E-state index in [0.29, 0.717) is 16.2 Å². The number of aromatic nitrogens is 1. The molecule has 2 rings (SSSR count). The lowest BCUT2D eigenvalue weighted by Crippen LogP contribution is -1.86. The average molecular weight is 235 g/mol. The maximum Gasteiger partial charge on any atom is 0.137 e. The molecular weight excluding hydrogens is 225 g/mol. The van der Waals surface area contributed by atoms with Gasteiger partial charge in [-0.25, -0.2) is 4.39 Å². The average Bonchev–Trinajstić information content (AvgIpc) is 2.30. The van der Waals surface area contributed by atoms with Crippen molar-refractivity contribution >= 4 is 11.8 Å². The SMILES string of the molecule is CSc1ccc(-c2ccc(O)cn2)cc1F. The molecule has 0 atom stereocenters. The van der Waals surface area contributed by atoms with E-state index < -0.39 is 0 Å². The second-order valence-electron chi connectivity index (χ2n) is 3.25. The van der Waals surface area contributed by atoms with Gasteiger partial charge in [-0.2, -0.15) is 0 Å². The number of pyridine rings is 1. The van der Waals surface area contributed by atoms with Crippen molar-refractivity contribution in [2.24, 2.45) is 0 Å². The molecule has 0 fully saturated rings. The van der Waals surface area contributed by atoms with Crippen LogP contribution in [0.2, 0.25) is 0 Å². The zero-order chi connectivity index (χ0) is 11.5. The molecule has 2 nitrogen and oxygen atoms in total. The number of benzene rings is 1. The van der Waals surface area contributed by atoms with E-state index in [4.69, 9.17) is 5.11 Å². The Morgan fingerprint density at radius 1 is 1.25 bits per heavy atom. The van der Waals surface area contributed by atoms with Gasteiger partial charge in [0, 0.05) is 10.5 Å². The molecule has 0 unspecified atom stereocenters. The highest BCUT2D eigenvalue weighted by Crippen LogP contribution is 2.25. The quantitative estimate of drug-likeness (QED) is 0.811. The van der Waals surface area contributed by atoms with E-state index in [1.54, 1.807) is 12.1 Å². The lowest BCUT2D eigenvalue weighted by atomic mass is 10.1. The van der Waals surface area contributed by atoms with Gasteiger partial charge in [-0.05, 0) is 30.5 Å². The molecular formula is C12H10FNOS. The van der Waals surface area contributed by atoms with Crippen LogP contribution in [0.15, 0.2) is 41.4 Å². The third kappa shape index (κ3) is 2.17. The second kappa shape index (κ2) is 4.53. The zero-order valence-electron chi connectivity index (χ0n) is 8.64. The summed E-state index contributed by atoms with van der Waals surface area (Å²) in [5, 5.41) is 9.10. The first-order valence-corrected chi connectivity index (χ1v) is 5.92. The Kier molecular flexibility index (Phi) is 3.10. The Balaban J connectivity index is 2.41. The number of aromatic hydroxyl groups is 1. The van der Waals surface area contributed by atoms with E-state index in [1.165, 1.54) is 30.1 Å². The number of rotatable bonds is 2. The maximum atomic E-state index is 13.5. The highest BCUT2D eigenvalue weighted by molar-refractivity contribution is 7.98. The molecule has 0 amide bonds. The van der Waals surface area contributed by atoms with Crippen LogP contribution in [0.25, 0.3) is 11.3 Å². The predicted molar refractivity (Wildman–Crippen MR) is 63.1 cm³/mol. The largest absolute Gasteiger partial charge is 0.506 e. The molecule has 0 radical (unpaired) electrons. The molecule has 2 aromatic rings. The Labute approximate surface area is 97.2 Å². The minimum absolute atomic E-state index is 0.102. The molecule has 1 aromatic heterocycles. The van der Waals surface area contributed by atoms with Crippen molar-refractivity contribution in [2.45, 2.75) is 4.90 Å². The molecule has 0 aliphatic carbocycles. The summed E-state index contributed by atoms with van der Waals surface area (Å²) in [6, 6.07) is 8.18. The van der Waals surface area contributed by atoms with Crippen molar-refractivity contribution in [2.75, 3.05) is 6.26 Å². The van der Waals surface area contributed by atoms with Crippen molar-refractivity contribution in [1.82, 2.24) is 4.98 Å². The summed E-state index contributed by atoms with van der Waals surface area (Å²) in [6.07, 6.45) is 3.17. The first kappa shape index (κ1) is 11.0. The highest BCUT2D eigenvalue weighted by Gasteiger charge is 2.05. The van der Waals surface area contributed by atoms with E-state index >= 15 is 0 Å². The smallest absolute Gasteiger partial charge is 0.137 e. The van der Waals surface area contributed by atoms with Crippen LogP contribution in [0.1, 0.15) is 0 Å². The second-order valence-corrected chi connectivity index (χ2v) is 4.10. The van der Waals surface area contributed by atoms with Crippen molar-refractivity contribution in [3.63, 3.8) is 0 Å². The van der Waals surface area contributed by atoms with Gasteiger partial charge in [-0.3, -0.25) is 4.98 Å². The first-order valence-electron chi connectivity index (χ1n) is 4.69. The standard InChI is InChI=1S/C12H10FNOS/c1-16-12-5-2-8(6-10(12)13)11-4-3-9(15)7-14-11/h2-7,15H,1H3. The number of hydrogen-bond acceptors (Lipinski definition) is 3. The fraction of sp³-hybridized carbons (Fsp3) is 0.0833. The van der Waals surface area contributed by atoms with Gasteiger partial charge in [-0.15, -0.1) is 11.8 Å². The summed E-state index contributed by atoms with van der Waals surface area (Å²) in [4.78, 5) is 4.64. The first-order chi connectivity index (χ1) is 7.70. The van der Waals surface area contributed by atoms with Crippen LogP contribution in [0.3, 0.4) is 0 Å². The van der Waals surface area contributed by atoms with Crippen molar-refractivity contribution in [3.05, 3.63) is 42.3 Å². The molecule has 0 saturated heterocycles. The van der Waals surface area contributed by atoms with Crippen molar-refractivity contribution in [1.29, 1.82) is 0 Å². The number of thioether (sulfide) groups is 1. The third-order valence-corrected chi connectivity index (χ3v) is 2.97. The van der Waals surface area contributed by atoms with E-state index in [1.807, 2.05) is 12.3 Å². The van der Waals surface area contributed by atoms with Gasteiger partial charge < -0.3 is 5.11 Å². The lowest BCUT2D eigenvalue weighted by Gasteiger charge is -2.03. The summed E-state index contributed by atoms with van der Waals surface area (Å²) >= 11 is 1.37. The minimum atomic E-state index is -0.250. The van der Waals surface area contributed by atoms with E-state index in [0.717, 1.165) is 0 Å². The number of hydrogen-bond donors (Lipinski definition) is 1. The molecule has 4 heteroatoms. The van der Waals surface area contributed by atoms with Gasteiger partial charge in [0.15, 0.2) is 0 Å². The normalized spacial score (nSPS) is 10.4. The van der Waals surface area contributed by atoms with Crippen molar-refractivity contribution in [3.8, 4) is 17.0 Å². The van der Waals surface area contributed by atoms with Crippen LogP contribution in [0.4, 0.5) is 4.39 Å². The van der Waals surface area contributed by atoms with Gasteiger partial charge in [0.05, 0.1) is 11.9 Å². The molecule has 82 valence electrons. The molecule has 0 aliphatic heterocycles. The van der Waals surface area contributed by atoms with Gasteiger partial charge in [0.1, 0.15) is 11.6 Å². The Hall–Kier alpha value is -1.55. The fourth-order valence-corrected chi connectivity index (χ4v) is 1.84. The monoisotopic (exact) mass is 235 g/mol. The Bertz CT molecular complexity index is 499. The molecule has 0 spiro atoms. The summed E-state index contributed by atoms with van der Waals surface area (Å²) in [6.45, 7) is 0. The molecule has 0 bridgehead atoms. The van der Waals surface area contributed by atoms with Gasteiger partial charge in [0.25, 0.3) is 0 Å². The van der Waals surface area contributed by atoms with Gasteiger partial charge in [-0.1, -0.05) is 6.07 Å².